The summed E-state index contributed by atoms with van der Waals surface area (Å²) in [6.45, 7) is 1.55. The quantitative estimate of drug-likeness (QED) is 0.645. The van der Waals surface area contributed by atoms with E-state index in [0.717, 1.165) is 13.0 Å². The molecule has 7 heteroatoms. The Labute approximate surface area is 89.3 Å². The second-order valence-electron chi connectivity index (χ2n) is 3.83. The van der Waals surface area contributed by atoms with Gasteiger partial charge in [-0.3, -0.25) is 4.79 Å². The molecule has 1 atom stereocenters. The maximum absolute atomic E-state index is 11.4. The predicted octanol–water partition coefficient (Wildman–Crippen LogP) is -0.915. The molecule has 1 rings (SSSR count). The Morgan fingerprint density at radius 3 is 2.73 bits per heavy atom. The number of carboxylic acids is 1. The molecule has 1 aliphatic rings. The summed E-state index contributed by atoms with van der Waals surface area (Å²) in [5.41, 5.74) is 0. The summed E-state index contributed by atoms with van der Waals surface area (Å²) in [4.78, 5) is 12.3. The number of hydrogen-bond acceptors (Lipinski definition) is 4. The van der Waals surface area contributed by atoms with Crippen molar-refractivity contribution in [3.63, 3.8) is 0 Å². The van der Waals surface area contributed by atoms with Gasteiger partial charge in [-0.2, -0.15) is 0 Å². The van der Waals surface area contributed by atoms with Crippen LogP contribution in [-0.2, 0) is 14.8 Å². The molecule has 0 aromatic rings. The lowest BCUT2D eigenvalue weighted by molar-refractivity contribution is -0.136. The van der Waals surface area contributed by atoms with Crippen molar-refractivity contribution in [3.8, 4) is 0 Å². The van der Waals surface area contributed by atoms with E-state index in [1.54, 1.807) is 0 Å². The van der Waals surface area contributed by atoms with Crippen molar-refractivity contribution < 1.29 is 18.3 Å². The van der Waals surface area contributed by atoms with Crippen molar-refractivity contribution in [1.29, 1.82) is 0 Å². The van der Waals surface area contributed by atoms with Crippen LogP contribution in [0.1, 0.15) is 12.8 Å². The Morgan fingerprint density at radius 2 is 2.27 bits per heavy atom. The Kier molecular flexibility index (Phi) is 4.06. The first-order valence-corrected chi connectivity index (χ1v) is 6.44. The van der Waals surface area contributed by atoms with Gasteiger partial charge in [-0.05, 0) is 20.0 Å². The zero-order valence-corrected chi connectivity index (χ0v) is 9.46. The molecule has 0 amide bonds. The third kappa shape index (κ3) is 4.59. The van der Waals surface area contributed by atoms with E-state index in [1.165, 1.54) is 0 Å². The summed E-state index contributed by atoms with van der Waals surface area (Å²) in [5.74, 6) is -1.44. The van der Waals surface area contributed by atoms with E-state index < -0.39 is 16.0 Å². The lowest BCUT2D eigenvalue weighted by Crippen LogP contribution is -2.38. The third-order valence-corrected chi connectivity index (χ3v) is 3.76. The van der Waals surface area contributed by atoms with Gasteiger partial charge in [-0.15, -0.1) is 0 Å². The van der Waals surface area contributed by atoms with Gasteiger partial charge in [0.15, 0.2) is 0 Å². The highest BCUT2D eigenvalue weighted by atomic mass is 32.2. The number of rotatable bonds is 5. The zero-order valence-electron chi connectivity index (χ0n) is 8.64. The van der Waals surface area contributed by atoms with E-state index in [9.17, 15) is 13.2 Å². The fourth-order valence-electron chi connectivity index (χ4n) is 1.57. The lowest BCUT2D eigenvalue weighted by Gasteiger charge is -2.12. The van der Waals surface area contributed by atoms with Crippen molar-refractivity contribution in [2.45, 2.75) is 18.9 Å². The normalized spacial score (nSPS) is 23.1. The molecule has 0 aliphatic carbocycles. The number of carbonyl (C=O) groups is 1. The van der Waals surface area contributed by atoms with Gasteiger partial charge in [0, 0.05) is 12.6 Å². The monoisotopic (exact) mass is 236 g/mol. The van der Waals surface area contributed by atoms with Crippen molar-refractivity contribution in [2.75, 3.05) is 25.9 Å². The Balaban J connectivity index is 2.39. The fourth-order valence-corrected chi connectivity index (χ4v) is 2.83. The van der Waals surface area contributed by atoms with E-state index in [1.807, 2.05) is 11.9 Å². The van der Waals surface area contributed by atoms with Crippen LogP contribution < -0.4 is 4.72 Å². The first-order chi connectivity index (χ1) is 6.89. The molecule has 0 radical (unpaired) electrons. The number of carboxylic acid groups (broad SMARTS) is 1. The van der Waals surface area contributed by atoms with Crippen LogP contribution in [0.15, 0.2) is 0 Å². The molecule has 0 bridgehead atoms. The summed E-state index contributed by atoms with van der Waals surface area (Å²) < 4.78 is 25.3. The highest BCUT2D eigenvalue weighted by Gasteiger charge is 2.24. The molecule has 1 saturated heterocycles. The van der Waals surface area contributed by atoms with Crippen LogP contribution >= 0.6 is 0 Å². The van der Waals surface area contributed by atoms with Crippen LogP contribution in [0.4, 0.5) is 0 Å². The van der Waals surface area contributed by atoms with E-state index in [0.29, 0.717) is 6.54 Å². The van der Waals surface area contributed by atoms with E-state index in [2.05, 4.69) is 4.72 Å². The molecular weight excluding hydrogens is 220 g/mol. The van der Waals surface area contributed by atoms with Crippen molar-refractivity contribution >= 4 is 16.0 Å². The Bertz CT molecular complexity index is 328. The maximum atomic E-state index is 11.4. The van der Waals surface area contributed by atoms with Crippen LogP contribution in [0.5, 0.6) is 0 Å². The number of sulfonamides is 1. The minimum atomic E-state index is -3.44. The molecule has 1 unspecified atom stereocenters. The standard InChI is InChI=1S/C8H16N2O4S/c1-10-4-2-7(6-10)9-15(13,14)5-3-8(11)12/h7,9H,2-6H2,1H3,(H,11,12). The Hall–Kier alpha value is -0.660. The molecule has 15 heavy (non-hydrogen) atoms. The summed E-state index contributed by atoms with van der Waals surface area (Å²) in [6, 6.07) is -0.0752. The maximum Gasteiger partial charge on any atom is 0.304 e. The highest BCUT2D eigenvalue weighted by molar-refractivity contribution is 7.89. The number of nitrogens with zero attached hydrogens (tertiary/aromatic N) is 1. The average molecular weight is 236 g/mol. The molecular formula is C8H16N2O4S. The molecule has 1 heterocycles. The second kappa shape index (κ2) is 4.91. The molecule has 0 aromatic carbocycles. The van der Waals surface area contributed by atoms with Gasteiger partial charge in [-0.25, -0.2) is 13.1 Å². The summed E-state index contributed by atoms with van der Waals surface area (Å²) in [5, 5.41) is 8.38. The SMILES string of the molecule is CN1CCC(NS(=O)(=O)CCC(=O)O)C1. The van der Waals surface area contributed by atoms with E-state index in [4.69, 9.17) is 5.11 Å². The molecule has 2 N–H and O–H groups in total. The fraction of sp³-hybridized carbons (Fsp3) is 0.875. The molecule has 88 valence electrons. The Morgan fingerprint density at radius 1 is 1.60 bits per heavy atom. The highest BCUT2D eigenvalue weighted by Crippen LogP contribution is 2.07. The number of likely N-dealkylation sites (tertiary alicyclic amines) is 1. The first kappa shape index (κ1) is 12.4. The third-order valence-electron chi connectivity index (χ3n) is 2.32. The first-order valence-electron chi connectivity index (χ1n) is 4.79. The van der Waals surface area contributed by atoms with Crippen LogP contribution in [0.2, 0.25) is 0 Å². The van der Waals surface area contributed by atoms with Gasteiger partial charge in [0.25, 0.3) is 0 Å². The number of hydrogen-bond donors (Lipinski definition) is 2. The summed E-state index contributed by atoms with van der Waals surface area (Å²) >= 11 is 0. The number of likely N-dealkylation sites (N-methyl/N-ethyl adjacent to an activating group) is 1. The molecule has 1 aliphatic heterocycles. The van der Waals surface area contributed by atoms with Crippen LogP contribution in [0.25, 0.3) is 0 Å². The van der Waals surface area contributed by atoms with Crippen molar-refractivity contribution in [3.05, 3.63) is 0 Å². The van der Waals surface area contributed by atoms with Crippen LogP contribution in [-0.4, -0.2) is 56.3 Å². The lowest BCUT2D eigenvalue weighted by atomic mass is 10.3. The molecule has 0 spiro atoms. The van der Waals surface area contributed by atoms with Crippen molar-refractivity contribution in [2.24, 2.45) is 0 Å². The number of nitrogens with one attached hydrogen (secondary N) is 1. The van der Waals surface area contributed by atoms with Gasteiger partial charge in [0.2, 0.25) is 10.0 Å². The van der Waals surface area contributed by atoms with Gasteiger partial charge < -0.3 is 10.0 Å². The van der Waals surface area contributed by atoms with Crippen LogP contribution in [0, 0.1) is 0 Å². The molecule has 6 nitrogen and oxygen atoms in total. The largest absolute Gasteiger partial charge is 0.481 e. The average Bonchev–Trinajstić information content (AvgIpc) is 2.47. The molecule has 0 aromatic heterocycles. The topological polar surface area (TPSA) is 86.7 Å². The van der Waals surface area contributed by atoms with Crippen LogP contribution in [0.3, 0.4) is 0 Å². The minimum Gasteiger partial charge on any atom is -0.481 e. The van der Waals surface area contributed by atoms with Gasteiger partial charge in [0.1, 0.15) is 0 Å². The smallest absolute Gasteiger partial charge is 0.304 e. The molecule has 1 fully saturated rings. The molecule has 0 saturated carbocycles. The predicted molar refractivity (Wildman–Crippen MR) is 55.1 cm³/mol. The minimum absolute atomic E-state index is 0.0752. The zero-order chi connectivity index (χ0) is 11.5. The second-order valence-corrected chi connectivity index (χ2v) is 5.70. The number of aliphatic carboxylic acids is 1. The van der Waals surface area contributed by atoms with Gasteiger partial charge >= 0.3 is 5.97 Å². The van der Waals surface area contributed by atoms with E-state index >= 15 is 0 Å². The van der Waals surface area contributed by atoms with Crippen molar-refractivity contribution in [1.82, 2.24) is 9.62 Å². The van der Waals surface area contributed by atoms with Gasteiger partial charge in [-0.1, -0.05) is 0 Å². The summed E-state index contributed by atoms with van der Waals surface area (Å²) in [7, 11) is -1.52. The van der Waals surface area contributed by atoms with E-state index in [-0.39, 0.29) is 18.2 Å². The van der Waals surface area contributed by atoms with Gasteiger partial charge in [0.05, 0.1) is 12.2 Å². The summed E-state index contributed by atoms with van der Waals surface area (Å²) in [6.07, 6.45) is 0.431.